The molecule has 2 aromatic rings. The number of nitrogens with one attached hydrogen (secondary N) is 1. The van der Waals surface area contributed by atoms with Crippen LogP contribution in [0.15, 0.2) is 28.7 Å². The van der Waals surface area contributed by atoms with Gasteiger partial charge in [0.25, 0.3) is 0 Å². The van der Waals surface area contributed by atoms with E-state index < -0.39 is 54.3 Å². The molecule has 0 bridgehead atoms. The van der Waals surface area contributed by atoms with E-state index in [1.54, 1.807) is 49.9 Å². The van der Waals surface area contributed by atoms with E-state index in [0.29, 0.717) is 48.6 Å². The number of likely N-dealkylation sites (tertiary alicyclic amines) is 1. The second-order valence-corrected chi connectivity index (χ2v) is 14.1. The molecule has 3 aliphatic rings. The van der Waals surface area contributed by atoms with Gasteiger partial charge in [-0.15, -0.1) is 0 Å². The molecule has 45 heavy (non-hydrogen) atoms. The Hall–Kier alpha value is -3.63. The third-order valence-corrected chi connectivity index (χ3v) is 10.1. The molecule has 2 aliphatic carbocycles. The molecule has 1 unspecified atom stereocenters. The highest BCUT2D eigenvalue weighted by Crippen LogP contribution is 2.50. The first-order chi connectivity index (χ1) is 21.4. The smallest absolute Gasteiger partial charge is 0.407 e. The van der Waals surface area contributed by atoms with Gasteiger partial charge in [-0.1, -0.05) is 50.3 Å². The third-order valence-electron chi connectivity index (χ3n) is 10.1. The predicted octanol–water partition coefficient (Wildman–Crippen LogP) is 6.12. The molecule has 4 atom stereocenters. The topological polar surface area (TPSA) is 152 Å². The zero-order valence-electron chi connectivity index (χ0n) is 26.4. The van der Waals surface area contributed by atoms with Crippen LogP contribution in [-0.4, -0.2) is 58.2 Å². The largest absolute Gasteiger partial charge is 0.475 e. The van der Waals surface area contributed by atoms with Crippen LogP contribution in [0.2, 0.25) is 0 Å². The van der Waals surface area contributed by atoms with E-state index in [1.807, 2.05) is 0 Å². The number of para-hydroxylation sites is 1. The number of carboxylic acids is 1. The van der Waals surface area contributed by atoms with Gasteiger partial charge in [-0.05, 0) is 76.7 Å². The second-order valence-electron chi connectivity index (χ2n) is 14.1. The molecule has 1 aromatic heterocycles. The minimum absolute atomic E-state index is 0.181. The van der Waals surface area contributed by atoms with Crippen molar-refractivity contribution in [3.63, 3.8) is 0 Å². The quantitative estimate of drug-likeness (QED) is 0.319. The van der Waals surface area contributed by atoms with Crippen LogP contribution in [-0.2, 0) is 14.3 Å². The summed E-state index contributed by atoms with van der Waals surface area (Å²) in [5.74, 6) is -2.92. The average molecular weight is 628 g/mol. The molecule has 1 aliphatic heterocycles. The molecule has 246 valence electrons. The lowest BCUT2D eigenvalue weighted by Crippen LogP contribution is -2.51. The minimum Gasteiger partial charge on any atom is -0.475 e. The average Bonchev–Trinajstić information content (AvgIpc) is 3.59. The molecule has 1 aromatic carbocycles. The number of primary amides is 1. The van der Waals surface area contributed by atoms with Gasteiger partial charge in [0.2, 0.25) is 17.6 Å². The summed E-state index contributed by atoms with van der Waals surface area (Å²) in [6.45, 7) is 4.46. The highest BCUT2D eigenvalue weighted by molar-refractivity contribution is 5.97. The summed E-state index contributed by atoms with van der Waals surface area (Å²) < 4.78 is 25.2. The standard InChI is InChI=1S/C34H46FN3O7/c1-34(2,3)45-33(43)37-24(18-35)20-13-15-21(16-14-20)31(40)38-25(17-23(28(38)30(36)39)19-9-5-4-6-10-19)27-22-11-7-8-12-26(22)44-29(27)32(41)42/h7-8,11-12,19-21,23-25,28H,4-6,9-10,13-18H2,1-3H3,(H2,36,39)(H,37,43)(H,41,42)/t20-,21-,23-,24-,25?,28-/m0/s1. The lowest BCUT2D eigenvalue weighted by atomic mass is 9.75. The molecular formula is C34H46FN3O7. The fourth-order valence-corrected chi connectivity index (χ4v) is 8.08. The SMILES string of the molecule is CC(C)(C)OC(=O)N[C@@H](CF)[C@H]1CC[C@H](C(=O)N2C(c3c(C(=O)O)oc4ccccc34)C[C@@H](C3CCCCC3)[C@H]2C(N)=O)CC1. The van der Waals surface area contributed by atoms with Crippen LogP contribution in [0.1, 0.15) is 107 Å². The van der Waals surface area contributed by atoms with Crippen molar-refractivity contribution < 1.29 is 37.8 Å². The Bertz CT molecular complexity index is 1400. The highest BCUT2D eigenvalue weighted by atomic mass is 19.1. The van der Waals surface area contributed by atoms with Crippen LogP contribution in [0.25, 0.3) is 11.0 Å². The Balaban J connectivity index is 1.43. The van der Waals surface area contributed by atoms with E-state index in [9.17, 15) is 28.7 Å². The second kappa shape index (κ2) is 13.4. The zero-order valence-corrected chi connectivity index (χ0v) is 26.4. The molecule has 3 amide bonds. The number of alkyl halides is 1. The Morgan fingerprint density at radius 1 is 1.07 bits per heavy atom. The fourth-order valence-electron chi connectivity index (χ4n) is 8.08. The Kier molecular flexibility index (Phi) is 9.74. The summed E-state index contributed by atoms with van der Waals surface area (Å²) >= 11 is 0. The zero-order chi connectivity index (χ0) is 32.5. The number of rotatable bonds is 8. The maximum Gasteiger partial charge on any atom is 0.407 e. The van der Waals surface area contributed by atoms with Crippen molar-refractivity contribution in [1.29, 1.82) is 0 Å². The molecular weight excluding hydrogens is 581 g/mol. The molecule has 10 nitrogen and oxygen atoms in total. The van der Waals surface area contributed by atoms with Crippen molar-refractivity contribution >= 4 is 34.8 Å². The van der Waals surface area contributed by atoms with Crippen molar-refractivity contribution in [2.75, 3.05) is 6.67 Å². The number of carbonyl (C=O) groups excluding carboxylic acids is 3. The van der Waals surface area contributed by atoms with Crippen LogP contribution in [0, 0.1) is 23.7 Å². The van der Waals surface area contributed by atoms with E-state index in [-0.39, 0.29) is 29.4 Å². The normalized spacial score (nSPS) is 26.8. The number of nitrogens with two attached hydrogens (primary N) is 1. The van der Waals surface area contributed by atoms with E-state index >= 15 is 0 Å². The van der Waals surface area contributed by atoms with Gasteiger partial charge in [0.1, 0.15) is 23.9 Å². The molecule has 0 radical (unpaired) electrons. The molecule has 0 spiro atoms. The number of amides is 3. The number of carboxylic acid groups (broad SMARTS) is 1. The summed E-state index contributed by atoms with van der Waals surface area (Å²) in [7, 11) is 0. The summed E-state index contributed by atoms with van der Waals surface area (Å²) in [4.78, 5) is 54.1. The number of hydrogen-bond acceptors (Lipinski definition) is 6. The number of aromatic carboxylic acids is 1. The van der Waals surface area contributed by atoms with Crippen LogP contribution in [0.4, 0.5) is 9.18 Å². The summed E-state index contributed by atoms with van der Waals surface area (Å²) in [6.07, 6.45) is 6.70. The number of fused-ring (bicyclic) bond motifs is 1. The van der Waals surface area contributed by atoms with Crippen LogP contribution >= 0.6 is 0 Å². The van der Waals surface area contributed by atoms with Gasteiger partial charge in [-0.3, -0.25) is 9.59 Å². The van der Waals surface area contributed by atoms with Crippen molar-refractivity contribution in [3.8, 4) is 0 Å². The van der Waals surface area contributed by atoms with E-state index in [1.165, 1.54) is 0 Å². The number of carbonyl (C=O) groups is 4. The summed E-state index contributed by atoms with van der Waals surface area (Å²) in [5, 5.41) is 13.4. The Morgan fingerprint density at radius 2 is 1.73 bits per heavy atom. The monoisotopic (exact) mass is 627 g/mol. The Labute approximate surface area is 263 Å². The first kappa shape index (κ1) is 32.8. The number of alkyl carbamates (subject to hydrolysis) is 1. The lowest BCUT2D eigenvalue weighted by molar-refractivity contribution is -0.145. The minimum atomic E-state index is -1.24. The summed E-state index contributed by atoms with van der Waals surface area (Å²) in [6, 6.07) is 4.75. The van der Waals surface area contributed by atoms with E-state index in [2.05, 4.69) is 5.32 Å². The maximum atomic E-state index is 14.5. The predicted molar refractivity (Wildman–Crippen MR) is 165 cm³/mol. The first-order valence-corrected chi connectivity index (χ1v) is 16.3. The fraction of sp³-hybridized carbons (Fsp3) is 0.647. The van der Waals surface area contributed by atoms with Crippen LogP contribution in [0.5, 0.6) is 0 Å². The van der Waals surface area contributed by atoms with Gasteiger partial charge in [0, 0.05) is 16.9 Å². The van der Waals surface area contributed by atoms with Crippen molar-refractivity contribution in [3.05, 3.63) is 35.6 Å². The van der Waals surface area contributed by atoms with Crippen molar-refractivity contribution in [1.82, 2.24) is 10.2 Å². The van der Waals surface area contributed by atoms with E-state index in [4.69, 9.17) is 14.9 Å². The summed E-state index contributed by atoms with van der Waals surface area (Å²) in [5.41, 5.74) is 6.18. The van der Waals surface area contributed by atoms with Crippen LogP contribution in [0.3, 0.4) is 0 Å². The van der Waals surface area contributed by atoms with Crippen LogP contribution < -0.4 is 11.1 Å². The third kappa shape index (κ3) is 6.97. The first-order valence-electron chi connectivity index (χ1n) is 16.3. The van der Waals surface area contributed by atoms with Crippen molar-refractivity contribution in [2.45, 2.75) is 109 Å². The molecule has 5 rings (SSSR count). The van der Waals surface area contributed by atoms with Crippen molar-refractivity contribution in [2.24, 2.45) is 29.4 Å². The molecule has 2 heterocycles. The molecule has 1 saturated heterocycles. The number of halogens is 1. The van der Waals surface area contributed by atoms with Gasteiger partial charge < -0.3 is 30.2 Å². The maximum absolute atomic E-state index is 14.5. The highest BCUT2D eigenvalue weighted by Gasteiger charge is 2.53. The Morgan fingerprint density at radius 3 is 2.33 bits per heavy atom. The number of hydrogen-bond donors (Lipinski definition) is 3. The molecule has 11 heteroatoms. The van der Waals surface area contributed by atoms with Gasteiger partial charge >= 0.3 is 12.1 Å². The number of ether oxygens (including phenoxy) is 1. The number of nitrogens with zero attached hydrogens (tertiary/aromatic N) is 1. The number of furan rings is 1. The lowest BCUT2D eigenvalue weighted by Gasteiger charge is -2.38. The van der Waals surface area contributed by atoms with Gasteiger partial charge in [0.05, 0.1) is 12.1 Å². The molecule has 3 fully saturated rings. The van der Waals surface area contributed by atoms with Gasteiger partial charge in [-0.2, -0.15) is 0 Å². The molecule has 2 saturated carbocycles. The number of benzene rings is 1. The van der Waals surface area contributed by atoms with Gasteiger partial charge in [0.15, 0.2) is 0 Å². The van der Waals surface area contributed by atoms with E-state index in [0.717, 1.165) is 32.1 Å². The van der Waals surface area contributed by atoms with Gasteiger partial charge in [-0.25, -0.2) is 14.0 Å². The molecule has 4 N–H and O–H groups in total.